The lowest BCUT2D eigenvalue weighted by molar-refractivity contribution is 0.0467. The van der Waals surface area contributed by atoms with Crippen molar-refractivity contribution in [1.82, 2.24) is 0 Å². The third-order valence-corrected chi connectivity index (χ3v) is 3.80. The molecule has 0 spiro atoms. The number of nitrogens with two attached hydrogens (primary N) is 1. The van der Waals surface area contributed by atoms with Crippen molar-refractivity contribution in [2.45, 2.75) is 11.3 Å². The van der Waals surface area contributed by atoms with Gasteiger partial charge in [0.05, 0.1) is 17.2 Å². The average molecular weight is 344 g/mol. The van der Waals surface area contributed by atoms with Crippen LogP contribution in [0.25, 0.3) is 0 Å². The van der Waals surface area contributed by atoms with Crippen molar-refractivity contribution in [3.05, 3.63) is 28.3 Å². The van der Waals surface area contributed by atoms with E-state index < -0.39 is 43.1 Å². The van der Waals surface area contributed by atoms with Crippen molar-refractivity contribution in [2.75, 3.05) is 20.3 Å². The second kappa shape index (κ2) is 7.12. The summed E-state index contributed by atoms with van der Waals surface area (Å²) >= 11 is 5.61. The Kier molecular flexibility index (Phi) is 6.02. The van der Waals surface area contributed by atoms with Gasteiger partial charge in [0.25, 0.3) is 0 Å². The van der Waals surface area contributed by atoms with E-state index in [1.165, 1.54) is 7.11 Å². The predicted octanol–water partition coefficient (Wildman–Crippen LogP) is 1.46. The molecule has 0 aliphatic heterocycles. The molecule has 2 N–H and O–H groups in total. The monoisotopic (exact) mass is 343 g/mol. The minimum atomic E-state index is -4.65. The number of methoxy groups -OCH3 is 1. The molecule has 0 amide bonds. The minimum Gasteiger partial charge on any atom is -0.462 e. The van der Waals surface area contributed by atoms with Crippen molar-refractivity contribution in [2.24, 2.45) is 5.14 Å². The van der Waals surface area contributed by atoms with Crippen LogP contribution in [-0.2, 0) is 19.5 Å². The van der Waals surface area contributed by atoms with Crippen LogP contribution in [0.5, 0.6) is 0 Å². The highest BCUT2D eigenvalue weighted by atomic mass is 35.5. The highest BCUT2D eigenvalue weighted by Gasteiger charge is 2.28. The number of carbonyl (C=O) groups is 1. The molecule has 6 nitrogen and oxygen atoms in total. The van der Waals surface area contributed by atoms with E-state index >= 15 is 0 Å². The first-order valence-corrected chi connectivity index (χ1v) is 7.49. The molecule has 1 rings (SSSR count). The van der Waals surface area contributed by atoms with E-state index in [0.29, 0.717) is 19.1 Å². The summed E-state index contributed by atoms with van der Waals surface area (Å²) < 4.78 is 58.8. The second-order valence-corrected chi connectivity index (χ2v) is 5.77. The topological polar surface area (TPSA) is 95.7 Å². The molecule has 21 heavy (non-hydrogen) atoms. The summed E-state index contributed by atoms with van der Waals surface area (Å²) in [5.74, 6) is -4.43. The summed E-state index contributed by atoms with van der Waals surface area (Å²) in [6.45, 7) is 0.258. The van der Waals surface area contributed by atoms with Gasteiger partial charge in [-0.3, -0.25) is 0 Å². The molecule has 0 atom stereocenters. The Morgan fingerprint density at radius 2 is 2.00 bits per heavy atom. The first-order valence-electron chi connectivity index (χ1n) is 5.56. The smallest absolute Gasteiger partial charge is 0.339 e. The van der Waals surface area contributed by atoms with Gasteiger partial charge in [-0.05, 0) is 6.07 Å². The largest absolute Gasteiger partial charge is 0.462 e. The number of esters is 1. The summed E-state index contributed by atoms with van der Waals surface area (Å²) in [5.41, 5.74) is -0.628. The highest BCUT2D eigenvalue weighted by molar-refractivity contribution is 7.89. The SMILES string of the molecule is COCCCOC(=O)c1cc(F)c(F)c(S(N)(=O)=O)c1Cl. The Morgan fingerprint density at radius 3 is 2.52 bits per heavy atom. The van der Waals surface area contributed by atoms with Crippen LogP contribution >= 0.6 is 11.6 Å². The van der Waals surface area contributed by atoms with Crippen LogP contribution in [0.1, 0.15) is 16.8 Å². The van der Waals surface area contributed by atoms with Crippen molar-refractivity contribution in [1.29, 1.82) is 0 Å². The van der Waals surface area contributed by atoms with E-state index in [1.54, 1.807) is 0 Å². The van der Waals surface area contributed by atoms with Crippen LogP contribution in [0.15, 0.2) is 11.0 Å². The summed E-state index contributed by atoms with van der Waals surface area (Å²) in [5, 5.41) is 3.92. The van der Waals surface area contributed by atoms with Crippen molar-refractivity contribution < 1.29 is 31.5 Å². The van der Waals surface area contributed by atoms with Gasteiger partial charge in [0.1, 0.15) is 4.90 Å². The van der Waals surface area contributed by atoms with Crippen molar-refractivity contribution >= 4 is 27.6 Å². The van der Waals surface area contributed by atoms with E-state index in [4.69, 9.17) is 26.2 Å². The Morgan fingerprint density at radius 1 is 1.38 bits per heavy atom. The average Bonchev–Trinajstić information content (AvgIpc) is 2.37. The number of sulfonamides is 1. The van der Waals surface area contributed by atoms with Gasteiger partial charge in [-0.25, -0.2) is 27.1 Å². The van der Waals surface area contributed by atoms with Gasteiger partial charge in [-0.2, -0.15) is 0 Å². The number of carbonyl (C=O) groups excluding carboxylic acids is 1. The lowest BCUT2D eigenvalue weighted by Gasteiger charge is -2.10. The summed E-state index contributed by atoms with van der Waals surface area (Å²) in [6, 6.07) is 0.449. The Labute approximate surface area is 124 Å². The molecular weight excluding hydrogens is 332 g/mol. The maximum absolute atomic E-state index is 13.5. The standard InChI is InChI=1S/C11H12ClF2NO5S/c1-19-3-2-4-20-11(16)6-5-7(13)9(14)10(8(6)12)21(15,17)18/h5H,2-4H2,1H3,(H2,15,17,18). The van der Waals surface area contributed by atoms with Crippen LogP contribution in [-0.4, -0.2) is 34.7 Å². The van der Waals surface area contributed by atoms with E-state index in [-0.39, 0.29) is 6.61 Å². The van der Waals surface area contributed by atoms with Gasteiger partial charge >= 0.3 is 5.97 Å². The molecule has 0 aliphatic carbocycles. The van der Waals surface area contributed by atoms with Gasteiger partial charge in [0.15, 0.2) is 11.6 Å². The van der Waals surface area contributed by atoms with Crippen LogP contribution in [0.2, 0.25) is 5.02 Å². The zero-order valence-corrected chi connectivity index (χ0v) is 12.4. The first-order chi connectivity index (χ1) is 9.70. The first kappa shape index (κ1) is 17.8. The lowest BCUT2D eigenvalue weighted by atomic mass is 10.2. The Balaban J connectivity index is 3.15. The molecule has 0 unspecified atom stereocenters. The quantitative estimate of drug-likeness (QED) is 0.479. The molecular formula is C11H12ClF2NO5S. The molecule has 1 aromatic rings. The number of rotatable bonds is 6. The number of ether oxygens (including phenoxy) is 2. The van der Waals surface area contributed by atoms with Gasteiger partial charge in [0.2, 0.25) is 10.0 Å². The van der Waals surface area contributed by atoms with Gasteiger partial charge in [0, 0.05) is 20.1 Å². The Bertz CT molecular complexity index is 651. The zero-order valence-electron chi connectivity index (χ0n) is 10.9. The molecule has 118 valence electrons. The van der Waals surface area contributed by atoms with Crippen LogP contribution < -0.4 is 5.14 Å². The number of halogens is 3. The maximum Gasteiger partial charge on any atom is 0.339 e. The number of primary sulfonamides is 1. The fourth-order valence-electron chi connectivity index (χ4n) is 1.42. The van der Waals surface area contributed by atoms with Crippen LogP contribution in [0.4, 0.5) is 8.78 Å². The van der Waals surface area contributed by atoms with E-state index in [2.05, 4.69) is 0 Å². The molecule has 10 heteroatoms. The van der Waals surface area contributed by atoms with Gasteiger partial charge < -0.3 is 9.47 Å². The molecule has 0 saturated heterocycles. The van der Waals surface area contributed by atoms with Gasteiger partial charge in [-0.1, -0.05) is 11.6 Å². The fraction of sp³-hybridized carbons (Fsp3) is 0.364. The second-order valence-electron chi connectivity index (χ2n) is 3.89. The normalized spacial score (nSPS) is 11.5. The minimum absolute atomic E-state index is 0.0628. The zero-order chi connectivity index (χ0) is 16.2. The van der Waals surface area contributed by atoms with Crippen LogP contribution in [0.3, 0.4) is 0 Å². The van der Waals surface area contributed by atoms with Crippen molar-refractivity contribution in [3.63, 3.8) is 0 Å². The molecule has 0 heterocycles. The van der Waals surface area contributed by atoms with Crippen molar-refractivity contribution in [3.8, 4) is 0 Å². The van der Waals surface area contributed by atoms with E-state index in [1.807, 2.05) is 0 Å². The Hall–Kier alpha value is -1.29. The summed E-state index contributed by atoms with van der Waals surface area (Å²) in [7, 11) is -3.20. The summed E-state index contributed by atoms with van der Waals surface area (Å²) in [6.07, 6.45) is 0.367. The molecule has 0 saturated carbocycles. The predicted molar refractivity (Wildman–Crippen MR) is 69.5 cm³/mol. The van der Waals surface area contributed by atoms with Gasteiger partial charge in [-0.15, -0.1) is 0 Å². The lowest BCUT2D eigenvalue weighted by Crippen LogP contribution is -2.18. The van der Waals surface area contributed by atoms with E-state index in [0.717, 1.165) is 0 Å². The molecule has 0 aromatic heterocycles. The fourth-order valence-corrected chi connectivity index (χ4v) is 2.67. The molecule has 0 fully saturated rings. The third-order valence-electron chi connectivity index (χ3n) is 2.35. The number of benzene rings is 1. The number of hydrogen-bond donors (Lipinski definition) is 1. The summed E-state index contributed by atoms with van der Waals surface area (Å²) in [4.78, 5) is 10.4. The molecule has 1 aromatic carbocycles. The van der Waals surface area contributed by atoms with E-state index in [9.17, 15) is 22.0 Å². The van der Waals surface area contributed by atoms with Crippen LogP contribution in [0, 0.1) is 11.6 Å². The molecule has 0 aliphatic rings. The molecule has 0 bridgehead atoms. The third kappa shape index (κ3) is 4.34. The number of hydrogen-bond acceptors (Lipinski definition) is 5. The highest BCUT2D eigenvalue weighted by Crippen LogP contribution is 2.29. The maximum atomic E-state index is 13.5. The molecule has 0 radical (unpaired) electrons.